The minimum absolute atomic E-state index is 0.117. The Balaban J connectivity index is 1.08. The fourth-order valence-corrected chi connectivity index (χ4v) is 13.5. The zero-order valence-corrected chi connectivity index (χ0v) is 32.6. The molecule has 1 aromatic heterocycles. The number of hydrogen-bond acceptors (Lipinski definition) is 2. The lowest BCUT2D eigenvalue weighted by Gasteiger charge is -2.61. The van der Waals surface area contributed by atoms with E-state index in [0.29, 0.717) is 0 Å². The molecule has 6 aliphatic rings. The molecule has 1 heterocycles. The van der Waals surface area contributed by atoms with Crippen molar-refractivity contribution < 1.29 is 4.42 Å². The molecule has 0 atom stereocenters. The molecule has 0 saturated heterocycles. The Morgan fingerprint density at radius 3 is 1.89 bits per heavy atom. The van der Waals surface area contributed by atoms with Crippen molar-refractivity contribution in [1.82, 2.24) is 0 Å². The summed E-state index contributed by atoms with van der Waals surface area (Å²) in [7, 11) is 0. The first-order valence-electron chi connectivity index (χ1n) is 21.3. The van der Waals surface area contributed by atoms with Crippen molar-refractivity contribution in [2.24, 2.45) is 23.7 Å². The monoisotopic (exact) mass is 735 g/mol. The van der Waals surface area contributed by atoms with Gasteiger partial charge in [0, 0.05) is 27.5 Å². The molecule has 4 fully saturated rings. The number of rotatable bonds is 4. The van der Waals surface area contributed by atoms with Gasteiger partial charge in [-0.25, -0.2) is 0 Å². The van der Waals surface area contributed by atoms with E-state index in [0.717, 1.165) is 57.0 Å². The van der Waals surface area contributed by atoms with Crippen molar-refractivity contribution in [3.8, 4) is 33.4 Å². The van der Waals surface area contributed by atoms with Crippen LogP contribution in [0, 0.1) is 23.7 Å². The molecule has 7 aromatic carbocycles. The Morgan fingerprint density at radius 1 is 0.474 bits per heavy atom. The third-order valence-electron chi connectivity index (χ3n) is 15.5. The third kappa shape index (κ3) is 4.16. The maximum atomic E-state index is 6.56. The van der Waals surface area contributed by atoms with E-state index in [9.17, 15) is 0 Å². The van der Waals surface area contributed by atoms with Gasteiger partial charge in [0.15, 0.2) is 0 Å². The molecule has 57 heavy (non-hydrogen) atoms. The maximum absolute atomic E-state index is 6.56. The third-order valence-corrected chi connectivity index (χ3v) is 15.5. The second kappa shape index (κ2) is 11.4. The van der Waals surface area contributed by atoms with Crippen molar-refractivity contribution in [3.05, 3.63) is 174 Å². The van der Waals surface area contributed by atoms with Crippen LogP contribution >= 0.6 is 0 Å². The molecule has 0 N–H and O–H groups in total. The van der Waals surface area contributed by atoms with Crippen LogP contribution in [0.4, 0.5) is 17.1 Å². The predicted octanol–water partition coefficient (Wildman–Crippen LogP) is 14.8. The molecular formula is C55H45NO. The van der Waals surface area contributed by atoms with E-state index in [1.807, 2.05) is 0 Å². The summed E-state index contributed by atoms with van der Waals surface area (Å²) >= 11 is 0. The van der Waals surface area contributed by atoms with Gasteiger partial charge < -0.3 is 9.32 Å². The highest BCUT2D eigenvalue weighted by Gasteiger charge is 2.61. The first-order chi connectivity index (χ1) is 28.0. The van der Waals surface area contributed by atoms with Gasteiger partial charge in [-0.2, -0.15) is 0 Å². The van der Waals surface area contributed by atoms with Crippen molar-refractivity contribution in [2.45, 2.75) is 56.8 Å². The first kappa shape index (κ1) is 32.2. The van der Waals surface area contributed by atoms with Crippen LogP contribution in [-0.4, -0.2) is 0 Å². The van der Waals surface area contributed by atoms with Crippen molar-refractivity contribution in [1.29, 1.82) is 0 Å². The Hall–Kier alpha value is -5.86. The van der Waals surface area contributed by atoms with E-state index in [1.165, 1.54) is 82.3 Å². The molecule has 2 nitrogen and oxygen atoms in total. The lowest BCUT2D eigenvalue weighted by atomic mass is 9.43. The summed E-state index contributed by atoms with van der Waals surface area (Å²) in [6.45, 7) is 4.77. The van der Waals surface area contributed by atoms with Gasteiger partial charge in [0.25, 0.3) is 0 Å². The molecule has 14 rings (SSSR count). The molecular weight excluding hydrogens is 691 g/mol. The van der Waals surface area contributed by atoms with Crippen LogP contribution in [0.2, 0.25) is 0 Å². The minimum atomic E-state index is -0.127. The van der Waals surface area contributed by atoms with Gasteiger partial charge in [-0.1, -0.05) is 129 Å². The second-order valence-electron chi connectivity index (χ2n) is 18.4. The SMILES string of the molecule is CC1(C)c2ccccc2-c2ccc(N(c3ccccc3-c3cccc4c3-c3ccccc3C43C4CC5CC(C4)CC3C5)c3cccc4oc5ccccc5c34)cc21. The Labute approximate surface area is 334 Å². The highest BCUT2D eigenvalue weighted by Crippen LogP contribution is 2.70. The fourth-order valence-electron chi connectivity index (χ4n) is 13.5. The summed E-state index contributed by atoms with van der Waals surface area (Å²) in [5.74, 6) is 3.28. The molecule has 6 aliphatic carbocycles. The zero-order valence-electron chi connectivity index (χ0n) is 32.6. The van der Waals surface area contributed by atoms with Crippen LogP contribution in [0.1, 0.15) is 68.2 Å². The number of hydrogen-bond donors (Lipinski definition) is 0. The molecule has 4 saturated carbocycles. The summed E-state index contributed by atoms with van der Waals surface area (Å²) in [6, 6.07) is 57.3. The van der Waals surface area contributed by atoms with Crippen molar-refractivity contribution in [2.75, 3.05) is 4.90 Å². The molecule has 2 heteroatoms. The Morgan fingerprint density at radius 2 is 1.07 bits per heavy atom. The van der Waals surface area contributed by atoms with Gasteiger partial charge in [0.05, 0.1) is 16.8 Å². The van der Waals surface area contributed by atoms with Crippen LogP contribution in [-0.2, 0) is 10.8 Å². The average Bonchev–Trinajstić information content (AvgIpc) is 3.85. The lowest BCUT2D eigenvalue weighted by molar-refractivity contribution is -0.0399. The summed E-state index contributed by atoms with van der Waals surface area (Å²) in [5.41, 5.74) is 19.4. The van der Waals surface area contributed by atoms with Gasteiger partial charge in [0.2, 0.25) is 0 Å². The summed E-state index contributed by atoms with van der Waals surface area (Å²) in [5, 5.41) is 2.28. The molecule has 1 spiro atoms. The van der Waals surface area contributed by atoms with Gasteiger partial charge >= 0.3 is 0 Å². The van der Waals surface area contributed by atoms with E-state index < -0.39 is 0 Å². The number of furan rings is 1. The Kier molecular flexibility index (Phi) is 6.44. The summed E-state index contributed by atoms with van der Waals surface area (Å²) < 4.78 is 6.56. The number of fused-ring (bicyclic) bond motifs is 9. The first-order valence-corrected chi connectivity index (χ1v) is 21.3. The van der Waals surface area contributed by atoms with E-state index >= 15 is 0 Å². The van der Waals surface area contributed by atoms with Crippen LogP contribution in [0.25, 0.3) is 55.3 Å². The van der Waals surface area contributed by atoms with Gasteiger partial charge in [-0.3, -0.25) is 0 Å². The minimum Gasteiger partial charge on any atom is -0.456 e. The second-order valence-corrected chi connectivity index (χ2v) is 18.4. The standard InChI is InChI=1S/C55H45NO/c1-54(2)44-18-7-3-13-38(44)39-26-25-37(32-47(39)54)56(49-22-12-24-51-53(49)43-16-6-10-23-50(43)57-51)48-21-9-5-14-40(48)41-17-11-20-46-52(41)42-15-4-8-19-45(42)55(46)35-28-33-27-34(30-35)31-36(55)29-33/h3-26,32-36H,27-31H2,1-2H3. The smallest absolute Gasteiger partial charge is 0.137 e. The fraction of sp³-hybridized carbons (Fsp3) is 0.236. The largest absolute Gasteiger partial charge is 0.456 e. The van der Waals surface area contributed by atoms with Crippen LogP contribution in [0.15, 0.2) is 156 Å². The average molecular weight is 736 g/mol. The van der Waals surface area contributed by atoms with Crippen LogP contribution < -0.4 is 4.90 Å². The van der Waals surface area contributed by atoms with E-state index in [2.05, 4.69) is 170 Å². The summed E-state index contributed by atoms with van der Waals surface area (Å²) in [4.78, 5) is 2.54. The maximum Gasteiger partial charge on any atom is 0.137 e. The van der Waals surface area contributed by atoms with Crippen LogP contribution in [0.5, 0.6) is 0 Å². The molecule has 0 aliphatic heterocycles. The van der Waals surface area contributed by atoms with Crippen LogP contribution in [0.3, 0.4) is 0 Å². The highest BCUT2D eigenvalue weighted by molar-refractivity contribution is 6.14. The van der Waals surface area contributed by atoms with Gasteiger partial charge in [-0.05, 0) is 142 Å². The van der Waals surface area contributed by atoms with Gasteiger partial charge in [-0.15, -0.1) is 0 Å². The molecule has 0 amide bonds. The predicted molar refractivity (Wildman–Crippen MR) is 235 cm³/mol. The van der Waals surface area contributed by atoms with Crippen molar-refractivity contribution >= 4 is 39.0 Å². The van der Waals surface area contributed by atoms with Gasteiger partial charge in [0.1, 0.15) is 11.2 Å². The summed E-state index contributed by atoms with van der Waals surface area (Å²) in [6.07, 6.45) is 7.01. The molecule has 8 aromatic rings. The van der Waals surface area contributed by atoms with E-state index in [4.69, 9.17) is 4.42 Å². The lowest BCUT2D eigenvalue weighted by Crippen LogP contribution is -2.55. The quantitative estimate of drug-likeness (QED) is 0.179. The number of nitrogens with zero attached hydrogens (tertiary/aromatic N) is 1. The highest BCUT2D eigenvalue weighted by atomic mass is 16.3. The number of anilines is 3. The van der Waals surface area contributed by atoms with E-state index in [1.54, 1.807) is 11.1 Å². The van der Waals surface area contributed by atoms with E-state index in [-0.39, 0.29) is 10.8 Å². The topological polar surface area (TPSA) is 16.4 Å². The molecule has 0 unspecified atom stereocenters. The van der Waals surface area contributed by atoms with Crippen molar-refractivity contribution in [3.63, 3.8) is 0 Å². The molecule has 0 radical (unpaired) electrons. The number of para-hydroxylation sites is 2. The molecule has 276 valence electrons. The zero-order chi connectivity index (χ0) is 37.6. The normalized spacial score (nSPS) is 24.2. The Bertz CT molecular complexity index is 2950. The number of benzene rings is 7. The molecule has 4 bridgehead atoms.